The van der Waals surface area contributed by atoms with Gasteiger partial charge in [-0.15, -0.1) is 0 Å². The Balaban J connectivity index is 1.13. The molecule has 1 N–H and O–H groups in total. The topological polar surface area (TPSA) is 77.4 Å². The van der Waals surface area contributed by atoms with E-state index in [2.05, 4.69) is 54.6 Å². The Bertz CT molecular complexity index is 1420. The van der Waals surface area contributed by atoms with Crippen LogP contribution in [0.4, 0.5) is 0 Å². The highest BCUT2D eigenvalue weighted by atomic mass is 16.4. The minimum atomic E-state index is -1.85. The van der Waals surface area contributed by atoms with E-state index < -0.39 is 18.0 Å². The molecule has 1 unspecified atom stereocenters. The van der Waals surface area contributed by atoms with Crippen molar-refractivity contribution in [3.05, 3.63) is 60.2 Å². The van der Waals surface area contributed by atoms with Crippen LogP contribution in [0.1, 0.15) is 76.2 Å². The van der Waals surface area contributed by atoms with Gasteiger partial charge < -0.3 is 19.5 Å². The van der Waals surface area contributed by atoms with Crippen LogP contribution >= 0.6 is 0 Å². The van der Waals surface area contributed by atoms with Gasteiger partial charge in [-0.2, -0.15) is 0 Å². The molecule has 0 aromatic heterocycles. The van der Waals surface area contributed by atoms with Crippen molar-refractivity contribution < 1.29 is 24.3 Å². The van der Waals surface area contributed by atoms with Gasteiger partial charge in [-0.25, -0.2) is 0 Å². The third-order valence-electron chi connectivity index (χ3n) is 8.16. The van der Waals surface area contributed by atoms with Gasteiger partial charge in [0.05, 0.1) is 21.1 Å². The number of aryl methyl sites for hydroxylation is 1. The number of hydrogen-bond donors (Lipinski definition) is 1. The second-order valence-electron chi connectivity index (χ2n) is 12.7. The molecule has 0 bridgehead atoms. The van der Waals surface area contributed by atoms with E-state index >= 15 is 0 Å². The molecule has 40 heavy (non-hydrogen) atoms. The van der Waals surface area contributed by atoms with E-state index in [9.17, 15) is 19.8 Å². The Labute approximate surface area is 238 Å². The summed E-state index contributed by atoms with van der Waals surface area (Å²) in [5.74, 6) is -1.77. The Morgan fingerprint density at radius 1 is 0.725 bits per heavy atom. The molecular weight excluding hydrogens is 498 g/mol. The maximum atomic E-state index is 12.6. The Morgan fingerprint density at radius 3 is 1.85 bits per heavy atom. The van der Waals surface area contributed by atoms with Gasteiger partial charge in [-0.05, 0) is 57.1 Å². The van der Waals surface area contributed by atoms with Crippen molar-refractivity contribution in [2.75, 3.05) is 27.7 Å². The van der Waals surface area contributed by atoms with Crippen LogP contribution in [-0.2, 0) is 16.0 Å². The molecule has 0 saturated carbocycles. The van der Waals surface area contributed by atoms with Gasteiger partial charge in [0, 0.05) is 18.8 Å². The number of carbonyl (C=O) groups excluding carboxylic acids is 2. The summed E-state index contributed by atoms with van der Waals surface area (Å²) in [5.41, 5.74) is -0.400. The summed E-state index contributed by atoms with van der Waals surface area (Å²) in [7, 11) is 5.50. The largest absolute Gasteiger partial charge is 0.550 e. The number of unbranched alkanes of at least 4 members (excludes halogenated alkanes) is 8. The Morgan fingerprint density at radius 2 is 1.25 bits per heavy atom. The van der Waals surface area contributed by atoms with Crippen molar-refractivity contribution in [1.82, 2.24) is 0 Å². The number of aliphatic hydroxyl groups is 1. The van der Waals surface area contributed by atoms with E-state index in [1.54, 1.807) is 0 Å². The van der Waals surface area contributed by atoms with Crippen molar-refractivity contribution in [3.63, 3.8) is 0 Å². The first-order valence-electron chi connectivity index (χ1n) is 15.0. The van der Waals surface area contributed by atoms with Gasteiger partial charge in [-0.1, -0.05) is 99.5 Å². The highest BCUT2D eigenvalue weighted by molar-refractivity contribution is 6.23. The average Bonchev–Trinajstić information content (AvgIpc) is 2.89. The first-order chi connectivity index (χ1) is 19.1. The number of aliphatic carboxylic acids is 1. The number of benzene rings is 4. The van der Waals surface area contributed by atoms with Crippen molar-refractivity contribution in [2.45, 2.75) is 82.7 Å². The van der Waals surface area contributed by atoms with E-state index in [0.717, 1.165) is 25.7 Å². The lowest BCUT2D eigenvalue weighted by Gasteiger charge is -2.34. The van der Waals surface area contributed by atoms with Crippen molar-refractivity contribution in [1.29, 1.82) is 0 Å². The summed E-state index contributed by atoms with van der Waals surface area (Å²) in [6, 6.07) is 20.2. The number of likely N-dealkylation sites (N-methyl/N-ethyl adjacent to an activating group) is 1. The minimum Gasteiger partial charge on any atom is -0.550 e. The first kappa shape index (κ1) is 30.0. The number of hydrogen-bond acceptors (Lipinski definition) is 4. The van der Waals surface area contributed by atoms with Gasteiger partial charge in [0.2, 0.25) is 0 Å². The van der Waals surface area contributed by atoms with Gasteiger partial charge >= 0.3 is 0 Å². The molecule has 4 aromatic carbocycles. The van der Waals surface area contributed by atoms with Crippen LogP contribution in [0, 0.1) is 0 Å². The molecule has 0 spiro atoms. The quantitative estimate of drug-likeness (QED) is 0.0981. The van der Waals surface area contributed by atoms with E-state index in [4.69, 9.17) is 0 Å². The zero-order valence-corrected chi connectivity index (χ0v) is 24.5. The predicted molar refractivity (Wildman–Crippen MR) is 163 cm³/mol. The lowest BCUT2D eigenvalue weighted by molar-refractivity contribution is -0.875. The lowest BCUT2D eigenvalue weighted by atomic mass is 9.89. The number of Topliss-reactive ketones (excluding diaryl/α,β-unsaturated/α-hetero) is 1. The lowest BCUT2D eigenvalue weighted by Crippen LogP contribution is -2.56. The van der Waals surface area contributed by atoms with Crippen molar-refractivity contribution >= 4 is 44.1 Å². The average molecular weight is 544 g/mol. The number of rotatable bonds is 17. The molecule has 4 rings (SSSR count). The number of ketones is 1. The summed E-state index contributed by atoms with van der Waals surface area (Å²) in [6.45, 7) is 0.0660. The highest BCUT2D eigenvalue weighted by Crippen LogP contribution is 2.36. The maximum Gasteiger partial charge on any atom is 0.177 e. The molecule has 4 aromatic rings. The number of quaternary nitrogens is 1. The van der Waals surface area contributed by atoms with Crippen LogP contribution in [-0.4, -0.2) is 54.6 Å². The molecular formula is C35H45NO4. The van der Waals surface area contributed by atoms with Crippen molar-refractivity contribution in [3.8, 4) is 0 Å². The molecule has 0 saturated heterocycles. The monoisotopic (exact) mass is 543 g/mol. The van der Waals surface area contributed by atoms with Crippen LogP contribution in [0.25, 0.3) is 32.3 Å². The SMILES string of the molecule is C[N+](C)(C)CC(O)(CC(=O)[O-])C(=O)CCCCCCCCCCCc1ccc2ccc3cccc4ccc1c2c34. The van der Waals surface area contributed by atoms with Crippen LogP contribution in [0.3, 0.4) is 0 Å². The predicted octanol–water partition coefficient (Wildman–Crippen LogP) is 6.17. The van der Waals surface area contributed by atoms with E-state index in [1.807, 2.05) is 21.1 Å². The summed E-state index contributed by atoms with van der Waals surface area (Å²) >= 11 is 0. The van der Waals surface area contributed by atoms with E-state index in [1.165, 1.54) is 70.0 Å². The summed E-state index contributed by atoms with van der Waals surface area (Å²) < 4.78 is 0.314. The number of carboxylic acid groups (broad SMARTS) is 1. The zero-order valence-electron chi connectivity index (χ0n) is 24.5. The fraction of sp³-hybridized carbons (Fsp3) is 0.486. The van der Waals surface area contributed by atoms with Gasteiger partial charge in [0.15, 0.2) is 11.4 Å². The molecule has 0 amide bonds. The van der Waals surface area contributed by atoms with E-state index in [-0.39, 0.29) is 18.7 Å². The summed E-state index contributed by atoms with van der Waals surface area (Å²) in [4.78, 5) is 23.7. The zero-order chi connectivity index (χ0) is 28.8. The second kappa shape index (κ2) is 13.1. The standard InChI is InChI=1S/C35H45NO4/c1-36(2,3)25-35(40,24-32(38)39)31(37)17-12-10-8-6-4-5-7-9-11-14-26-18-19-29-21-20-27-15-13-16-28-22-23-30(26)34(29)33(27)28/h13,15-16,18-23,40H,4-12,14,17,24-25H2,1-3H3. The smallest absolute Gasteiger partial charge is 0.177 e. The summed E-state index contributed by atoms with van der Waals surface area (Å²) in [5, 5.41) is 30.0. The third-order valence-corrected chi connectivity index (χ3v) is 8.16. The molecule has 5 nitrogen and oxygen atoms in total. The molecule has 0 aliphatic carbocycles. The van der Waals surface area contributed by atoms with Gasteiger partial charge in [-0.3, -0.25) is 4.79 Å². The van der Waals surface area contributed by atoms with Crippen LogP contribution in [0.15, 0.2) is 54.6 Å². The molecule has 214 valence electrons. The first-order valence-corrected chi connectivity index (χ1v) is 15.0. The number of carboxylic acids is 1. The van der Waals surface area contributed by atoms with Gasteiger partial charge in [0.25, 0.3) is 0 Å². The second-order valence-corrected chi connectivity index (χ2v) is 12.7. The summed E-state index contributed by atoms with van der Waals surface area (Å²) in [6.07, 6.45) is 10.6. The maximum absolute atomic E-state index is 12.6. The molecule has 0 heterocycles. The molecule has 5 heteroatoms. The van der Waals surface area contributed by atoms with Crippen LogP contribution < -0.4 is 5.11 Å². The molecule has 0 fully saturated rings. The fourth-order valence-corrected chi connectivity index (χ4v) is 6.35. The van der Waals surface area contributed by atoms with E-state index in [0.29, 0.717) is 10.9 Å². The van der Waals surface area contributed by atoms with Crippen molar-refractivity contribution in [2.24, 2.45) is 0 Å². The molecule has 0 radical (unpaired) electrons. The normalized spacial score (nSPS) is 13.8. The van der Waals surface area contributed by atoms with Gasteiger partial charge in [0.1, 0.15) is 6.54 Å². The fourth-order valence-electron chi connectivity index (χ4n) is 6.35. The molecule has 1 atom stereocenters. The molecule has 0 aliphatic rings. The molecule has 0 aliphatic heterocycles. The van der Waals surface area contributed by atoms with Crippen LogP contribution in [0.2, 0.25) is 0 Å². The van der Waals surface area contributed by atoms with Crippen LogP contribution in [0.5, 0.6) is 0 Å². The third kappa shape index (κ3) is 7.58. The Hall–Kier alpha value is -3.02. The number of nitrogens with zero attached hydrogens (tertiary/aromatic N) is 1. The minimum absolute atomic E-state index is 0.0660. The highest BCUT2D eigenvalue weighted by Gasteiger charge is 2.40. The number of carbonyl (C=O) groups is 2. The Kier molecular flexibility index (Phi) is 9.81.